The zero-order valence-electron chi connectivity index (χ0n) is 7.61. The van der Waals surface area contributed by atoms with Crippen LogP contribution in [0.2, 0.25) is 5.15 Å². The van der Waals surface area contributed by atoms with Crippen LogP contribution in [0.25, 0.3) is 17.1 Å². The molecule has 0 aliphatic carbocycles. The first-order valence-electron chi connectivity index (χ1n) is 4.21. The van der Waals surface area contributed by atoms with Crippen LogP contribution in [0.3, 0.4) is 0 Å². The average Bonchev–Trinajstić information content (AvgIpc) is 2.63. The number of fused-ring (bicyclic) bond motifs is 1. The molecule has 0 spiro atoms. The highest BCUT2D eigenvalue weighted by molar-refractivity contribution is 6.34. The van der Waals surface area contributed by atoms with Gasteiger partial charge in [-0.2, -0.15) is 10.4 Å². The number of nitrogens with zero attached hydrogens (tertiary/aromatic N) is 4. The van der Waals surface area contributed by atoms with Crippen LogP contribution in [0.1, 0.15) is 12.1 Å². The van der Waals surface area contributed by atoms with Gasteiger partial charge in [0.15, 0.2) is 5.65 Å². The highest BCUT2D eigenvalue weighted by Gasteiger charge is 2.08. The van der Waals surface area contributed by atoms with E-state index in [1.54, 1.807) is 12.2 Å². The number of halogens is 1. The summed E-state index contributed by atoms with van der Waals surface area (Å²) in [5, 5.41) is 16.2. The summed E-state index contributed by atoms with van der Waals surface area (Å²) in [5.74, 6) is 0. The number of allylic oxidation sites excluding steroid dienone is 1. The molecule has 0 aromatic carbocycles. The van der Waals surface area contributed by atoms with Gasteiger partial charge in [0.2, 0.25) is 0 Å². The minimum Gasteiger partial charge on any atom is -0.276 e. The van der Waals surface area contributed by atoms with Crippen molar-refractivity contribution in [2.75, 3.05) is 0 Å². The van der Waals surface area contributed by atoms with Crippen LogP contribution in [0.4, 0.5) is 0 Å². The van der Waals surface area contributed by atoms with Gasteiger partial charge in [-0.05, 0) is 6.08 Å². The summed E-state index contributed by atoms with van der Waals surface area (Å²) in [6.07, 6.45) is 5.16. The van der Waals surface area contributed by atoms with E-state index >= 15 is 0 Å². The van der Waals surface area contributed by atoms with Crippen molar-refractivity contribution >= 4 is 28.7 Å². The second-order valence-electron chi connectivity index (χ2n) is 2.76. The van der Waals surface area contributed by atoms with E-state index < -0.39 is 0 Å². The van der Waals surface area contributed by atoms with Crippen molar-refractivity contribution in [2.45, 2.75) is 6.42 Å². The number of nitriles is 1. The molecule has 2 aromatic rings. The molecule has 0 bridgehead atoms. The molecule has 2 aromatic heterocycles. The van der Waals surface area contributed by atoms with Crippen LogP contribution in [0.15, 0.2) is 12.4 Å². The van der Waals surface area contributed by atoms with Crippen LogP contribution in [-0.4, -0.2) is 20.2 Å². The van der Waals surface area contributed by atoms with Gasteiger partial charge in [-0.25, -0.2) is 9.97 Å². The quantitative estimate of drug-likeness (QED) is 0.783. The molecule has 2 rings (SSSR count). The Balaban J connectivity index is 2.49. The second kappa shape index (κ2) is 4.07. The van der Waals surface area contributed by atoms with Gasteiger partial charge < -0.3 is 0 Å². The standard InChI is InChI=1S/C9H6ClN5/c10-8-7-6(3-1-2-4-11)14-15-9(7)13-5-12-8/h1,3,5H,2H2,(H,12,13,14,15). The Hall–Kier alpha value is -1.93. The van der Waals surface area contributed by atoms with Crippen molar-refractivity contribution in [1.82, 2.24) is 20.2 Å². The van der Waals surface area contributed by atoms with E-state index in [2.05, 4.69) is 20.2 Å². The highest BCUT2D eigenvalue weighted by Crippen LogP contribution is 2.21. The summed E-state index contributed by atoms with van der Waals surface area (Å²) in [5.41, 5.74) is 1.23. The predicted molar refractivity (Wildman–Crippen MR) is 56.0 cm³/mol. The zero-order valence-corrected chi connectivity index (χ0v) is 8.36. The third kappa shape index (κ3) is 1.80. The van der Waals surface area contributed by atoms with Crippen molar-refractivity contribution in [3.8, 4) is 6.07 Å². The molecule has 1 N–H and O–H groups in total. The highest BCUT2D eigenvalue weighted by atomic mass is 35.5. The fourth-order valence-electron chi connectivity index (χ4n) is 1.19. The number of aromatic amines is 1. The molecule has 6 heteroatoms. The van der Waals surface area contributed by atoms with E-state index in [1.165, 1.54) is 6.33 Å². The average molecular weight is 220 g/mol. The maximum Gasteiger partial charge on any atom is 0.186 e. The van der Waals surface area contributed by atoms with E-state index in [9.17, 15) is 0 Å². The normalized spacial score (nSPS) is 10.9. The summed E-state index contributed by atoms with van der Waals surface area (Å²) in [4.78, 5) is 7.82. The first-order valence-corrected chi connectivity index (χ1v) is 4.59. The number of nitrogens with one attached hydrogen (secondary N) is 1. The molecule has 2 heterocycles. The lowest BCUT2D eigenvalue weighted by molar-refractivity contribution is 1.08. The first kappa shape index (κ1) is 9.62. The maximum absolute atomic E-state index is 8.38. The van der Waals surface area contributed by atoms with E-state index in [1.807, 2.05) is 6.07 Å². The maximum atomic E-state index is 8.38. The molecule has 5 nitrogen and oxygen atoms in total. The fourth-order valence-corrected chi connectivity index (χ4v) is 1.42. The lowest BCUT2D eigenvalue weighted by atomic mass is 10.2. The topological polar surface area (TPSA) is 78.2 Å². The summed E-state index contributed by atoms with van der Waals surface area (Å²) >= 11 is 5.91. The molecular weight excluding hydrogens is 214 g/mol. The van der Waals surface area contributed by atoms with Crippen LogP contribution < -0.4 is 0 Å². The SMILES string of the molecule is N#CCC=Cc1[nH]nc2ncnc(Cl)c12. The largest absolute Gasteiger partial charge is 0.276 e. The van der Waals surface area contributed by atoms with E-state index in [0.717, 1.165) is 0 Å². The van der Waals surface area contributed by atoms with Crippen LogP contribution in [0, 0.1) is 11.3 Å². The van der Waals surface area contributed by atoms with Gasteiger partial charge in [-0.3, -0.25) is 5.10 Å². The summed E-state index contributed by atoms with van der Waals surface area (Å²) in [6, 6.07) is 2.01. The minimum absolute atomic E-state index is 0.339. The van der Waals surface area contributed by atoms with Crippen molar-refractivity contribution in [2.24, 2.45) is 0 Å². The van der Waals surface area contributed by atoms with Crippen molar-refractivity contribution in [1.29, 1.82) is 5.26 Å². The van der Waals surface area contributed by atoms with Gasteiger partial charge in [-0.15, -0.1) is 0 Å². The van der Waals surface area contributed by atoms with E-state index in [0.29, 0.717) is 28.3 Å². The van der Waals surface area contributed by atoms with Gasteiger partial charge in [0, 0.05) is 0 Å². The Morgan fingerprint density at radius 2 is 2.40 bits per heavy atom. The van der Waals surface area contributed by atoms with Gasteiger partial charge in [0.25, 0.3) is 0 Å². The molecule has 0 atom stereocenters. The summed E-state index contributed by atoms with van der Waals surface area (Å²) < 4.78 is 0. The first-order chi connectivity index (χ1) is 7.33. The molecule has 0 amide bonds. The molecule has 0 saturated heterocycles. The van der Waals surface area contributed by atoms with Gasteiger partial charge in [-0.1, -0.05) is 17.7 Å². The number of rotatable bonds is 2. The Labute approximate surface area is 90.4 Å². The van der Waals surface area contributed by atoms with Crippen LogP contribution in [-0.2, 0) is 0 Å². The second-order valence-corrected chi connectivity index (χ2v) is 3.12. The molecule has 0 fully saturated rings. The Morgan fingerprint density at radius 1 is 1.53 bits per heavy atom. The number of hydrogen-bond donors (Lipinski definition) is 1. The van der Waals surface area contributed by atoms with Crippen LogP contribution in [0.5, 0.6) is 0 Å². The lowest BCUT2D eigenvalue weighted by Gasteiger charge is -1.91. The monoisotopic (exact) mass is 219 g/mol. The number of aromatic nitrogens is 4. The molecule has 15 heavy (non-hydrogen) atoms. The molecule has 0 radical (unpaired) electrons. The third-order valence-electron chi connectivity index (χ3n) is 1.83. The van der Waals surface area contributed by atoms with Gasteiger partial charge >= 0.3 is 0 Å². The van der Waals surface area contributed by atoms with Crippen molar-refractivity contribution in [3.05, 3.63) is 23.3 Å². The third-order valence-corrected chi connectivity index (χ3v) is 2.11. The predicted octanol–water partition coefficient (Wildman–Crippen LogP) is 1.93. The Morgan fingerprint density at radius 3 is 3.20 bits per heavy atom. The van der Waals surface area contributed by atoms with E-state index in [-0.39, 0.29) is 0 Å². The molecule has 0 aliphatic heterocycles. The van der Waals surface area contributed by atoms with Gasteiger partial charge in [0.1, 0.15) is 11.5 Å². The number of H-pyrrole nitrogens is 1. The minimum atomic E-state index is 0.339. The molecule has 0 saturated carbocycles. The van der Waals surface area contributed by atoms with Crippen molar-refractivity contribution < 1.29 is 0 Å². The fraction of sp³-hybridized carbons (Fsp3) is 0.111. The zero-order chi connectivity index (χ0) is 10.7. The molecule has 0 aliphatic rings. The Bertz CT molecular complexity index is 551. The molecular formula is C9H6ClN5. The van der Waals surface area contributed by atoms with Crippen LogP contribution >= 0.6 is 11.6 Å². The van der Waals surface area contributed by atoms with E-state index in [4.69, 9.17) is 16.9 Å². The van der Waals surface area contributed by atoms with Crippen molar-refractivity contribution in [3.63, 3.8) is 0 Å². The smallest absolute Gasteiger partial charge is 0.186 e. The Kier molecular flexibility index (Phi) is 2.61. The van der Waals surface area contributed by atoms with Gasteiger partial charge in [0.05, 0.1) is 23.6 Å². The molecule has 74 valence electrons. The molecule has 0 unspecified atom stereocenters. The summed E-state index contributed by atoms with van der Waals surface area (Å²) in [6.45, 7) is 0. The number of hydrogen-bond acceptors (Lipinski definition) is 4. The lowest BCUT2D eigenvalue weighted by Crippen LogP contribution is -1.81. The summed E-state index contributed by atoms with van der Waals surface area (Å²) in [7, 11) is 0.